The molecule has 0 radical (unpaired) electrons. The molecule has 0 bridgehead atoms. The highest BCUT2D eigenvalue weighted by Gasteiger charge is 2.21. The lowest BCUT2D eigenvalue weighted by Gasteiger charge is -2.28. The minimum Gasteiger partial charge on any atom is -0.341 e. The van der Waals surface area contributed by atoms with Crippen molar-refractivity contribution in [2.75, 3.05) is 20.1 Å². The van der Waals surface area contributed by atoms with Gasteiger partial charge in [0.15, 0.2) is 0 Å². The first-order valence-corrected chi connectivity index (χ1v) is 6.22. The van der Waals surface area contributed by atoms with Gasteiger partial charge in [0.1, 0.15) is 0 Å². The quantitative estimate of drug-likeness (QED) is 0.888. The number of carbonyl (C=O) groups excluding carboxylic acids is 1. The number of benzene rings is 1. The lowest BCUT2D eigenvalue weighted by molar-refractivity contribution is -0.131. The zero-order valence-corrected chi connectivity index (χ0v) is 10.7. The zero-order chi connectivity index (χ0) is 12.3. The topological polar surface area (TPSA) is 32.3 Å². The maximum atomic E-state index is 11.9. The van der Waals surface area contributed by atoms with E-state index >= 15 is 0 Å². The molecule has 1 fully saturated rings. The van der Waals surface area contributed by atoms with Crippen molar-refractivity contribution in [3.63, 3.8) is 0 Å². The number of hydrogen-bond acceptors (Lipinski definition) is 2. The predicted octanol–water partition coefficient (Wildman–Crippen LogP) is 1.91. The van der Waals surface area contributed by atoms with E-state index in [0.29, 0.717) is 18.9 Å². The van der Waals surface area contributed by atoms with Crippen molar-refractivity contribution in [2.45, 2.75) is 13.0 Å². The number of amides is 1. The molecule has 1 aliphatic rings. The van der Waals surface area contributed by atoms with Gasteiger partial charge in [-0.05, 0) is 36.7 Å². The molecule has 17 heavy (non-hydrogen) atoms. The molecule has 92 valence electrons. The van der Waals surface area contributed by atoms with Crippen molar-refractivity contribution in [3.8, 4) is 0 Å². The van der Waals surface area contributed by atoms with E-state index in [1.165, 1.54) is 0 Å². The number of nitrogens with zero attached hydrogens (tertiary/aromatic N) is 1. The van der Waals surface area contributed by atoms with Crippen molar-refractivity contribution in [3.05, 3.63) is 34.9 Å². The molecular formula is C13H17ClN2O. The second-order valence-corrected chi connectivity index (χ2v) is 5.04. The van der Waals surface area contributed by atoms with E-state index in [0.717, 1.165) is 23.7 Å². The Morgan fingerprint density at radius 3 is 2.59 bits per heavy atom. The van der Waals surface area contributed by atoms with Gasteiger partial charge in [-0.3, -0.25) is 4.79 Å². The summed E-state index contributed by atoms with van der Waals surface area (Å²) in [7, 11) is 1.85. The fourth-order valence-electron chi connectivity index (χ4n) is 1.85. The third kappa shape index (κ3) is 3.45. The summed E-state index contributed by atoms with van der Waals surface area (Å²) in [4.78, 5) is 13.7. The summed E-state index contributed by atoms with van der Waals surface area (Å²) < 4.78 is 0. The predicted molar refractivity (Wildman–Crippen MR) is 68.9 cm³/mol. The molecule has 1 aromatic carbocycles. The van der Waals surface area contributed by atoms with E-state index in [2.05, 4.69) is 5.32 Å². The zero-order valence-electron chi connectivity index (χ0n) is 9.95. The number of rotatable bonds is 4. The molecule has 0 aromatic heterocycles. The first-order valence-electron chi connectivity index (χ1n) is 5.84. The van der Waals surface area contributed by atoms with Crippen LogP contribution in [0.25, 0.3) is 0 Å². The van der Waals surface area contributed by atoms with Crippen LogP contribution in [0.15, 0.2) is 24.3 Å². The summed E-state index contributed by atoms with van der Waals surface area (Å²) in [6, 6.07) is 7.62. The Balaban J connectivity index is 1.84. The molecule has 0 atom stereocenters. The van der Waals surface area contributed by atoms with Crippen LogP contribution in [0.5, 0.6) is 0 Å². The van der Waals surface area contributed by atoms with E-state index in [9.17, 15) is 4.79 Å². The molecule has 1 N–H and O–H groups in total. The van der Waals surface area contributed by atoms with Crippen molar-refractivity contribution >= 4 is 17.5 Å². The van der Waals surface area contributed by atoms with Gasteiger partial charge in [0.05, 0.1) is 0 Å². The van der Waals surface area contributed by atoms with Gasteiger partial charge in [-0.1, -0.05) is 23.7 Å². The molecule has 1 heterocycles. The van der Waals surface area contributed by atoms with Crippen LogP contribution < -0.4 is 5.32 Å². The maximum Gasteiger partial charge on any atom is 0.222 e. The summed E-state index contributed by atoms with van der Waals surface area (Å²) in [5.41, 5.74) is 1.11. The minimum absolute atomic E-state index is 0.214. The minimum atomic E-state index is 0.214. The molecule has 1 saturated heterocycles. The lowest BCUT2D eigenvalue weighted by Crippen LogP contribution is -2.44. The van der Waals surface area contributed by atoms with Gasteiger partial charge in [-0.2, -0.15) is 0 Å². The molecule has 1 aromatic rings. The monoisotopic (exact) mass is 252 g/mol. The van der Waals surface area contributed by atoms with Crippen LogP contribution in [-0.2, 0) is 11.3 Å². The van der Waals surface area contributed by atoms with Crippen LogP contribution in [-0.4, -0.2) is 30.9 Å². The van der Waals surface area contributed by atoms with Gasteiger partial charge in [0.2, 0.25) is 5.91 Å². The Labute approximate surface area is 107 Å². The molecule has 0 unspecified atom stereocenters. The van der Waals surface area contributed by atoms with Crippen molar-refractivity contribution in [1.82, 2.24) is 10.2 Å². The maximum absolute atomic E-state index is 11.9. The third-order valence-corrected chi connectivity index (χ3v) is 3.34. The van der Waals surface area contributed by atoms with E-state index in [4.69, 9.17) is 11.6 Å². The normalized spacial score (nSPS) is 15.4. The second kappa shape index (κ2) is 5.52. The van der Waals surface area contributed by atoms with E-state index < -0.39 is 0 Å². The largest absolute Gasteiger partial charge is 0.341 e. The van der Waals surface area contributed by atoms with Gasteiger partial charge in [0, 0.05) is 25.0 Å². The Kier molecular flexibility index (Phi) is 4.02. The van der Waals surface area contributed by atoms with Crippen LogP contribution >= 0.6 is 11.6 Å². The standard InChI is InChI=1S/C13H17ClN2O/c1-16(13(17)6-11-7-15-8-11)9-10-2-4-12(14)5-3-10/h2-5,11,15H,6-9H2,1H3. The number of halogens is 1. The number of carbonyl (C=O) groups is 1. The first-order chi connectivity index (χ1) is 8.15. The molecule has 0 spiro atoms. The average molecular weight is 253 g/mol. The Bertz CT molecular complexity index is 387. The molecule has 4 heteroatoms. The summed E-state index contributed by atoms with van der Waals surface area (Å²) in [6.07, 6.45) is 0.650. The molecule has 1 amide bonds. The Hall–Kier alpha value is -1.06. The van der Waals surface area contributed by atoms with E-state index in [-0.39, 0.29) is 5.91 Å². The smallest absolute Gasteiger partial charge is 0.222 e. The highest BCUT2D eigenvalue weighted by atomic mass is 35.5. The van der Waals surface area contributed by atoms with Gasteiger partial charge in [-0.15, -0.1) is 0 Å². The SMILES string of the molecule is CN(Cc1ccc(Cl)cc1)C(=O)CC1CNC1. The second-order valence-electron chi connectivity index (χ2n) is 4.60. The number of hydrogen-bond donors (Lipinski definition) is 1. The van der Waals surface area contributed by atoms with Crippen molar-refractivity contribution < 1.29 is 4.79 Å². The van der Waals surface area contributed by atoms with Gasteiger partial charge in [-0.25, -0.2) is 0 Å². The Morgan fingerprint density at radius 1 is 1.41 bits per heavy atom. The van der Waals surface area contributed by atoms with Crippen LogP contribution in [0.4, 0.5) is 0 Å². The van der Waals surface area contributed by atoms with Crippen LogP contribution in [0, 0.1) is 5.92 Å². The van der Waals surface area contributed by atoms with Gasteiger partial charge >= 0.3 is 0 Å². The third-order valence-electron chi connectivity index (χ3n) is 3.09. The molecule has 1 aliphatic heterocycles. The van der Waals surface area contributed by atoms with E-state index in [1.807, 2.05) is 31.3 Å². The van der Waals surface area contributed by atoms with Crippen molar-refractivity contribution in [2.24, 2.45) is 5.92 Å². The van der Waals surface area contributed by atoms with Crippen LogP contribution in [0.3, 0.4) is 0 Å². The highest BCUT2D eigenvalue weighted by Crippen LogP contribution is 2.13. The summed E-state index contributed by atoms with van der Waals surface area (Å²) in [6.45, 7) is 2.59. The molecule has 3 nitrogen and oxygen atoms in total. The molecule has 0 saturated carbocycles. The van der Waals surface area contributed by atoms with Gasteiger partial charge in [0.25, 0.3) is 0 Å². The van der Waals surface area contributed by atoms with Crippen molar-refractivity contribution in [1.29, 1.82) is 0 Å². The van der Waals surface area contributed by atoms with E-state index in [1.54, 1.807) is 4.90 Å². The first kappa shape index (κ1) is 12.4. The molecule has 2 rings (SSSR count). The van der Waals surface area contributed by atoms with Crippen LogP contribution in [0.1, 0.15) is 12.0 Å². The van der Waals surface area contributed by atoms with Crippen LogP contribution in [0.2, 0.25) is 5.02 Å². The molecule has 0 aliphatic carbocycles. The Morgan fingerprint density at radius 2 is 2.06 bits per heavy atom. The fourth-order valence-corrected chi connectivity index (χ4v) is 1.97. The molecular weight excluding hydrogens is 236 g/mol. The fraction of sp³-hybridized carbons (Fsp3) is 0.462. The summed E-state index contributed by atoms with van der Waals surface area (Å²) in [5, 5.41) is 3.90. The summed E-state index contributed by atoms with van der Waals surface area (Å²) >= 11 is 5.82. The lowest BCUT2D eigenvalue weighted by atomic mass is 9.99. The van der Waals surface area contributed by atoms with Gasteiger partial charge < -0.3 is 10.2 Å². The number of nitrogens with one attached hydrogen (secondary N) is 1. The summed E-state index contributed by atoms with van der Waals surface area (Å²) in [5.74, 6) is 0.738. The highest BCUT2D eigenvalue weighted by molar-refractivity contribution is 6.30. The average Bonchev–Trinajstić information content (AvgIpc) is 2.26.